The molecule has 0 spiro atoms. The second-order valence-electron chi connectivity index (χ2n) is 4.48. The first-order valence-electron chi connectivity index (χ1n) is 6.30. The Morgan fingerprint density at radius 2 is 1.94 bits per heavy atom. The topological polar surface area (TPSA) is 71.3 Å². The number of nitro groups is 1. The standard InChI is InChI=1S/C12H18N4O2/c1-13-11-8-10(16(17)18)9-12(14-11)15-6-4-2-3-5-7-15/h8-9H,2-7H2,1H3,(H,13,14). The van der Waals surface area contributed by atoms with E-state index in [0.29, 0.717) is 11.6 Å². The number of nitrogens with zero attached hydrogens (tertiary/aromatic N) is 3. The molecule has 1 aliphatic rings. The molecule has 0 radical (unpaired) electrons. The maximum absolute atomic E-state index is 10.9. The van der Waals surface area contributed by atoms with Gasteiger partial charge in [-0.25, -0.2) is 4.98 Å². The molecule has 18 heavy (non-hydrogen) atoms. The van der Waals surface area contributed by atoms with Crippen molar-refractivity contribution in [3.63, 3.8) is 0 Å². The Labute approximate surface area is 106 Å². The lowest BCUT2D eigenvalue weighted by molar-refractivity contribution is -0.384. The van der Waals surface area contributed by atoms with Gasteiger partial charge in [0.25, 0.3) is 5.69 Å². The summed E-state index contributed by atoms with van der Waals surface area (Å²) < 4.78 is 0. The number of aromatic nitrogens is 1. The van der Waals surface area contributed by atoms with E-state index in [1.54, 1.807) is 13.1 Å². The minimum absolute atomic E-state index is 0.0913. The van der Waals surface area contributed by atoms with Gasteiger partial charge in [-0.1, -0.05) is 12.8 Å². The van der Waals surface area contributed by atoms with Crippen LogP contribution in [-0.2, 0) is 0 Å². The van der Waals surface area contributed by atoms with Gasteiger partial charge in [0, 0.05) is 20.1 Å². The summed E-state index contributed by atoms with van der Waals surface area (Å²) >= 11 is 0. The van der Waals surface area contributed by atoms with Gasteiger partial charge in [-0.05, 0) is 12.8 Å². The lowest BCUT2D eigenvalue weighted by Crippen LogP contribution is -2.25. The highest BCUT2D eigenvalue weighted by Gasteiger charge is 2.16. The molecule has 0 saturated carbocycles. The SMILES string of the molecule is CNc1cc([N+](=O)[O-])cc(N2CCCCCC2)n1. The van der Waals surface area contributed by atoms with Gasteiger partial charge in [0.1, 0.15) is 11.6 Å². The molecular weight excluding hydrogens is 232 g/mol. The first kappa shape index (κ1) is 12.6. The van der Waals surface area contributed by atoms with Crippen LogP contribution in [0.1, 0.15) is 25.7 Å². The molecule has 0 amide bonds. The number of rotatable bonds is 3. The molecule has 6 nitrogen and oxygen atoms in total. The van der Waals surface area contributed by atoms with E-state index >= 15 is 0 Å². The molecule has 2 heterocycles. The average Bonchev–Trinajstić information content (AvgIpc) is 2.67. The summed E-state index contributed by atoms with van der Waals surface area (Å²) in [5, 5.41) is 13.8. The van der Waals surface area contributed by atoms with Crippen molar-refractivity contribution in [3.8, 4) is 0 Å². The fraction of sp³-hybridized carbons (Fsp3) is 0.583. The van der Waals surface area contributed by atoms with Crippen molar-refractivity contribution in [1.29, 1.82) is 0 Å². The molecule has 1 fully saturated rings. The zero-order chi connectivity index (χ0) is 13.0. The maximum atomic E-state index is 10.9. The molecule has 98 valence electrons. The Hall–Kier alpha value is -1.85. The minimum Gasteiger partial charge on any atom is -0.373 e. The van der Waals surface area contributed by atoms with Crippen LogP contribution < -0.4 is 10.2 Å². The molecule has 1 aliphatic heterocycles. The minimum atomic E-state index is -0.371. The third-order valence-electron chi connectivity index (χ3n) is 3.19. The number of hydrogen-bond donors (Lipinski definition) is 1. The molecule has 0 aliphatic carbocycles. The van der Waals surface area contributed by atoms with E-state index in [4.69, 9.17) is 0 Å². The molecular formula is C12H18N4O2. The van der Waals surface area contributed by atoms with Crippen LogP contribution in [0.25, 0.3) is 0 Å². The van der Waals surface area contributed by atoms with E-state index in [9.17, 15) is 10.1 Å². The Morgan fingerprint density at radius 3 is 2.50 bits per heavy atom. The smallest absolute Gasteiger partial charge is 0.276 e. The third-order valence-corrected chi connectivity index (χ3v) is 3.19. The molecule has 0 atom stereocenters. The summed E-state index contributed by atoms with van der Waals surface area (Å²) in [6.45, 7) is 1.86. The van der Waals surface area contributed by atoms with Crippen LogP contribution >= 0.6 is 0 Å². The monoisotopic (exact) mass is 250 g/mol. The van der Waals surface area contributed by atoms with Gasteiger partial charge in [-0.2, -0.15) is 0 Å². The van der Waals surface area contributed by atoms with Crippen LogP contribution in [0.3, 0.4) is 0 Å². The van der Waals surface area contributed by atoms with Crippen LogP contribution in [-0.4, -0.2) is 30.0 Å². The molecule has 1 saturated heterocycles. The Morgan fingerprint density at radius 1 is 1.28 bits per heavy atom. The number of hydrogen-bond acceptors (Lipinski definition) is 5. The number of anilines is 2. The van der Waals surface area contributed by atoms with E-state index in [1.165, 1.54) is 18.9 Å². The quantitative estimate of drug-likeness (QED) is 0.659. The first-order chi connectivity index (χ1) is 8.70. The van der Waals surface area contributed by atoms with E-state index < -0.39 is 0 Å². The van der Waals surface area contributed by atoms with Gasteiger partial charge < -0.3 is 10.2 Å². The summed E-state index contributed by atoms with van der Waals surface area (Å²) in [7, 11) is 1.72. The highest BCUT2D eigenvalue weighted by molar-refractivity contribution is 5.55. The van der Waals surface area contributed by atoms with Crippen LogP contribution in [0, 0.1) is 10.1 Å². The molecule has 1 aromatic heterocycles. The zero-order valence-corrected chi connectivity index (χ0v) is 10.6. The predicted octanol–water partition coefficient (Wildman–Crippen LogP) is 2.41. The van der Waals surface area contributed by atoms with Crippen molar-refractivity contribution in [1.82, 2.24) is 4.98 Å². The molecule has 0 aromatic carbocycles. The largest absolute Gasteiger partial charge is 0.373 e. The van der Waals surface area contributed by atoms with Gasteiger partial charge in [-0.3, -0.25) is 10.1 Å². The molecule has 1 aromatic rings. The van der Waals surface area contributed by atoms with E-state index in [1.807, 2.05) is 0 Å². The van der Waals surface area contributed by atoms with Crippen LogP contribution in [0.5, 0.6) is 0 Å². The second-order valence-corrected chi connectivity index (χ2v) is 4.48. The van der Waals surface area contributed by atoms with E-state index in [0.717, 1.165) is 25.9 Å². The third kappa shape index (κ3) is 2.88. The lowest BCUT2D eigenvalue weighted by atomic mass is 10.2. The molecule has 2 rings (SSSR count). The number of nitrogens with one attached hydrogen (secondary N) is 1. The average molecular weight is 250 g/mol. The summed E-state index contributed by atoms with van der Waals surface area (Å²) in [5.41, 5.74) is 0.0913. The fourth-order valence-corrected chi connectivity index (χ4v) is 2.20. The van der Waals surface area contributed by atoms with Crippen LogP contribution in [0.15, 0.2) is 12.1 Å². The second kappa shape index (κ2) is 5.66. The highest BCUT2D eigenvalue weighted by Crippen LogP contribution is 2.25. The van der Waals surface area contributed by atoms with Gasteiger partial charge in [-0.15, -0.1) is 0 Å². The van der Waals surface area contributed by atoms with Gasteiger partial charge in [0.15, 0.2) is 0 Å². The number of pyridine rings is 1. The normalized spacial score (nSPS) is 16.2. The van der Waals surface area contributed by atoms with Crippen LogP contribution in [0.4, 0.5) is 17.3 Å². The summed E-state index contributed by atoms with van der Waals surface area (Å²) in [6.07, 6.45) is 4.70. The van der Waals surface area contributed by atoms with Crippen molar-refractivity contribution in [2.24, 2.45) is 0 Å². The van der Waals surface area contributed by atoms with Gasteiger partial charge in [0.2, 0.25) is 0 Å². The van der Waals surface area contributed by atoms with Crippen molar-refractivity contribution >= 4 is 17.3 Å². The van der Waals surface area contributed by atoms with Crippen molar-refractivity contribution in [2.45, 2.75) is 25.7 Å². The maximum Gasteiger partial charge on any atom is 0.276 e. The fourth-order valence-electron chi connectivity index (χ4n) is 2.20. The van der Waals surface area contributed by atoms with Crippen molar-refractivity contribution in [3.05, 3.63) is 22.2 Å². The molecule has 1 N–H and O–H groups in total. The van der Waals surface area contributed by atoms with Gasteiger partial charge in [0.05, 0.1) is 17.1 Å². The Balaban J connectivity index is 2.29. The molecule has 0 unspecified atom stereocenters. The Bertz CT molecular complexity index is 428. The summed E-state index contributed by atoms with van der Waals surface area (Å²) in [4.78, 5) is 17.1. The highest BCUT2D eigenvalue weighted by atomic mass is 16.6. The first-order valence-corrected chi connectivity index (χ1v) is 6.30. The lowest BCUT2D eigenvalue weighted by Gasteiger charge is -2.21. The summed E-state index contributed by atoms with van der Waals surface area (Å²) in [6, 6.07) is 3.02. The predicted molar refractivity (Wildman–Crippen MR) is 71.1 cm³/mol. The zero-order valence-electron chi connectivity index (χ0n) is 10.6. The van der Waals surface area contributed by atoms with Gasteiger partial charge >= 0.3 is 0 Å². The molecule has 0 bridgehead atoms. The van der Waals surface area contributed by atoms with E-state index in [-0.39, 0.29) is 10.6 Å². The van der Waals surface area contributed by atoms with E-state index in [2.05, 4.69) is 15.2 Å². The summed E-state index contributed by atoms with van der Waals surface area (Å²) in [5.74, 6) is 1.25. The van der Waals surface area contributed by atoms with Crippen molar-refractivity contribution in [2.75, 3.05) is 30.4 Å². The molecule has 6 heteroatoms. The van der Waals surface area contributed by atoms with Crippen molar-refractivity contribution < 1.29 is 4.92 Å². The Kier molecular flexibility index (Phi) is 3.96. The van der Waals surface area contributed by atoms with Crippen LogP contribution in [0.2, 0.25) is 0 Å².